The number of rotatable bonds is 11. The summed E-state index contributed by atoms with van der Waals surface area (Å²) in [6.45, 7) is 3.06. The van der Waals surface area contributed by atoms with Crippen LogP contribution in [0.4, 0.5) is 17.6 Å². The lowest BCUT2D eigenvalue weighted by Crippen LogP contribution is -2.47. The lowest BCUT2D eigenvalue weighted by Gasteiger charge is -2.29. The molecule has 0 radical (unpaired) electrons. The lowest BCUT2D eigenvalue weighted by atomic mass is 9.94. The molecule has 1 atom stereocenters. The summed E-state index contributed by atoms with van der Waals surface area (Å²) in [5.74, 6) is -1.91. The molecule has 0 saturated heterocycles. The van der Waals surface area contributed by atoms with Crippen molar-refractivity contribution < 1.29 is 41.0 Å². The van der Waals surface area contributed by atoms with E-state index in [4.69, 9.17) is 28.3 Å². The van der Waals surface area contributed by atoms with E-state index >= 15 is 0 Å². The summed E-state index contributed by atoms with van der Waals surface area (Å²) in [5.41, 5.74) is -1.60. The van der Waals surface area contributed by atoms with Gasteiger partial charge in [0.2, 0.25) is 10.0 Å². The minimum absolute atomic E-state index is 0.0167. The van der Waals surface area contributed by atoms with Crippen molar-refractivity contribution in [2.45, 2.75) is 43.0 Å². The molecule has 0 aromatic heterocycles. The molecule has 1 unspecified atom stereocenters. The van der Waals surface area contributed by atoms with Gasteiger partial charge in [-0.2, -0.15) is 17.5 Å². The summed E-state index contributed by atoms with van der Waals surface area (Å²) in [6.07, 6.45) is -5.79. The van der Waals surface area contributed by atoms with Crippen LogP contribution in [0.3, 0.4) is 0 Å². The number of carboxylic acid groups (broad SMARTS) is 1. The van der Waals surface area contributed by atoms with Crippen molar-refractivity contribution in [3.05, 3.63) is 87.2 Å². The molecule has 42 heavy (non-hydrogen) atoms. The third-order valence-electron chi connectivity index (χ3n) is 6.39. The highest BCUT2D eigenvalue weighted by Crippen LogP contribution is 2.36. The van der Waals surface area contributed by atoms with Crippen LogP contribution in [0.2, 0.25) is 10.0 Å². The van der Waals surface area contributed by atoms with Gasteiger partial charge in [-0.1, -0.05) is 35.3 Å². The predicted octanol–water partition coefficient (Wildman–Crippen LogP) is 6.11. The topological polar surface area (TPSA) is 107 Å². The van der Waals surface area contributed by atoms with Crippen LogP contribution in [0.1, 0.15) is 35.3 Å². The number of carboxylic acids is 1. The number of likely N-dealkylation sites (N-methyl/N-ethyl adjacent to an activating group) is 1. The van der Waals surface area contributed by atoms with Gasteiger partial charge in [0, 0.05) is 25.7 Å². The van der Waals surface area contributed by atoms with E-state index < -0.39 is 56.6 Å². The number of carbonyl (C=O) groups is 1. The zero-order valence-corrected chi connectivity index (χ0v) is 25.0. The summed E-state index contributed by atoms with van der Waals surface area (Å²) in [7, 11) is -3.40. The Kier molecular flexibility index (Phi) is 10.3. The molecule has 0 heterocycles. The minimum Gasteiger partial charge on any atom is -0.478 e. The number of nitrogens with zero attached hydrogens (tertiary/aromatic N) is 1. The van der Waals surface area contributed by atoms with Gasteiger partial charge < -0.3 is 15.5 Å². The Balaban J connectivity index is 1.80. The Bertz CT molecular complexity index is 1580. The Morgan fingerprint density at radius 3 is 2.24 bits per heavy atom. The van der Waals surface area contributed by atoms with Gasteiger partial charge in [-0.15, -0.1) is 0 Å². The smallest absolute Gasteiger partial charge is 0.416 e. The molecule has 0 saturated carbocycles. The van der Waals surface area contributed by atoms with Gasteiger partial charge in [-0.3, -0.25) is 0 Å². The second kappa shape index (κ2) is 12.9. The van der Waals surface area contributed by atoms with Gasteiger partial charge in [0.05, 0.1) is 32.2 Å². The Hall–Kier alpha value is -2.74. The first-order valence-corrected chi connectivity index (χ1v) is 14.6. The Morgan fingerprint density at radius 2 is 1.67 bits per heavy atom. The normalized spacial score (nSPS) is 13.4. The highest BCUT2D eigenvalue weighted by atomic mass is 35.5. The number of nitrogens with one attached hydrogen (secondary N) is 1. The maximum atomic E-state index is 13.8. The largest absolute Gasteiger partial charge is 0.478 e. The summed E-state index contributed by atoms with van der Waals surface area (Å²) in [6, 6.07) is 10.1. The van der Waals surface area contributed by atoms with Crippen LogP contribution in [0.15, 0.2) is 59.5 Å². The van der Waals surface area contributed by atoms with Crippen LogP contribution in [-0.4, -0.2) is 60.7 Å². The van der Waals surface area contributed by atoms with E-state index in [1.165, 1.54) is 18.2 Å². The number of hydrogen-bond acceptors (Lipinski definition) is 5. The molecule has 0 aliphatic carbocycles. The van der Waals surface area contributed by atoms with Crippen LogP contribution in [0.25, 0.3) is 11.1 Å². The van der Waals surface area contributed by atoms with Crippen LogP contribution in [0, 0.1) is 5.82 Å². The van der Waals surface area contributed by atoms with Crippen molar-refractivity contribution in [1.82, 2.24) is 9.62 Å². The maximum Gasteiger partial charge on any atom is 0.416 e. The molecule has 0 aliphatic rings. The van der Waals surface area contributed by atoms with Crippen LogP contribution in [-0.2, 0) is 22.6 Å². The molecule has 7 nitrogen and oxygen atoms in total. The first-order chi connectivity index (χ1) is 19.3. The molecule has 0 spiro atoms. The molecule has 0 aliphatic heterocycles. The molecule has 3 N–H and O–H groups in total. The summed E-state index contributed by atoms with van der Waals surface area (Å²) in [5, 5.41) is 22.6. The number of sulfonamides is 1. The first-order valence-electron chi connectivity index (χ1n) is 12.4. The molecule has 0 bridgehead atoms. The van der Waals surface area contributed by atoms with Crippen molar-refractivity contribution in [2.24, 2.45) is 0 Å². The van der Waals surface area contributed by atoms with Gasteiger partial charge in [0.25, 0.3) is 0 Å². The van der Waals surface area contributed by atoms with Crippen molar-refractivity contribution >= 4 is 39.2 Å². The van der Waals surface area contributed by atoms with Crippen molar-refractivity contribution in [3.8, 4) is 11.1 Å². The maximum absolute atomic E-state index is 13.8. The van der Waals surface area contributed by atoms with Crippen LogP contribution in [0.5, 0.6) is 0 Å². The van der Waals surface area contributed by atoms with E-state index in [1.54, 1.807) is 19.9 Å². The molecule has 0 fully saturated rings. The average Bonchev–Trinajstić information content (AvgIpc) is 2.88. The van der Waals surface area contributed by atoms with Gasteiger partial charge in [0.15, 0.2) is 0 Å². The fourth-order valence-electron chi connectivity index (χ4n) is 4.20. The van der Waals surface area contributed by atoms with Crippen LogP contribution >= 0.6 is 23.2 Å². The predicted molar refractivity (Wildman–Crippen MR) is 152 cm³/mol. The second-order valence-electron chi connectivity index (χ2n) is 10.4. The monoisotopic (exact) mass is 650 g/mol. The number of halogens is 6. The lowest BCUT2D eigenvalue weighted by molar-refractivity contribution is -0.137. The Morgan fingerprint density at radius 1 is 1.00 bits per heavy atom. The number of hydrogen-bond donors (Lipinski definition) is 3. The van der Waals surface area contributed by atoms with E-state index in [1.807, 2.05) is 0 Å². The van der Waals surface area contributed by atoms with Gasteiger partial charge in [-0.05, 0) is 79.4 Å². The number of alkyl halides is 3. The third kappa shape index (κ3) is 8.42. The molecule has 14 heteroatoms. The molecule has 3 aromatic rings. The van der Waals surface area contributed by atoms with E-state index in [-0.39, 0.29) is 33.3 Å². The van der Waals surface area contributed by atoms with Gasteiger partial charge >= 0.3 is 12.1 Å². The molecule has 228 valence electrons. The van der Waals surface area contributed by atoms with Crippen molar-refractivity contribution in [1.29, 1.82) is 0 Å². The number of aromatic carboxylic acids is 1. The number of benzene rings is 3. The third-order valence-corrected chi connectivity index (χ3v) is 8.81. The minimum atomic E-state index is -4.90. The SMILES string of the molecule is CN(CC(O)CNC(C)(C)Cc1ccc(Cl)c(F)c1)S(=O)(=O)c1cc(-c2ccc(C(=O)O)c(Cl)c2)cc(C(F)(F)F)c1. The summed E-state index contributed by atoms with van der Waals surface area (Å²) >= 11 is 11.7. The number of aliphatic hydroxyl groups is 1. The van der Waals surface area contributed by atoms with E-state index in [9.17, 15) is 35.9 Å². The standard InChI is InChI=1S/C28H28Cl2F4N2O5S/c1-27(2,13-16-4-7-23(29)25(31)8-16)35-14-20(37)15-36(3)42(40,41)21-10-18(9-19(12-21)28(32,33)34)17-5-6-22(26(38)39)24(30)11-17/h4-12,20,35,37H,13-15H2,1-3H3,(H,38,39). The fraction of sp³-hybridized carbons (Fsp3) is 0.321. The highest BCUT2D eigenvalue weighted by Gasteiger charge is 2.34. The number of aliphatic hydroxyl groups excluding tert-OH is 1. The average molecular weight is 652 g/mol. The molecular formula is C28H28Cl2F4N2O5S. The molecule has 0 amide bonds. The van der Waals surface area contributed by atoms with E-state index in [0.29, 0.717) is 18.1 Å². The first kappa shape index (κ1) is 33.8. The quantitative estimate of drug-likeness (QED) is 0.216. The molecular weight excluding hydrogens is 623 g/mol. The van der Waals surface area contributed by atoms with Crippen molar-refractivity contribution in [2.75, 3.05) is 20.1 Å². The molecule has 3 rings (SSSR count). The number of β-amino-alcohol motifs (C(OH)–C–C–N with tert-alkyl or cyclic N) is 1. The van der Waals surface area contributed by atoms with Gasteiger partial charge in [0.1, 0.15) is 5.82 Å². The van der Waals surface area contributed by atoms with Gasteiger partial charge in [-0.25, -0.2) is 17.6 Å². The molecule has 3 aromatic carbocycles. The summed E-state index contributed by atoms with van der Waals surface area (Å²) < 4.78 is 82.4. The van der Waals surface area contributed by atoms with E-state index in [2.05, 4.69) is 5.32 Å². The van der Waals surface area contributed by atoms with Crippen molar-refractivity contribution in [3.63, 3.8) is 0 Å². The zero-order chi connectivity index (χ0) is 31.6. The second-order valence-corrected chi connectivity index (χ2v) is 13.2. The van der Waals surface area contributed by atoms with E-state index in [0.717, 1.165) is 35.6 Å². The Labute approximate surface area is 250 Å². The zero-order valence-electron chi connectivity index (χ0n) is 22.6. The van der Waals surface area contributed by atoms with Crippen LogP contribution < -0.4 is 5.32 Å². The fourth-order valence-corrected chi connectivity index (χ4v) is 5.86. The highest BCUT2D eigenvalue weighted by molar-refractivity contribution is 7.89. The summed E-state index contributed by atoms with van der Waals surface area (Å²) in [4.78, 5) is 10.6.